The predicted octanol–water partition coefficient (Wildman–Crippen LogP) is 4.78. The molecule has 1 aromatic carbocycles. The molecule has 0 spiro atoms. The number of rotatable bonds is 10. The number of hydrogen-bond donors (Lipinski definition) is 3. The fraction of sp³-hybridized carbons (Fsp3) is 0.543. The Kier molecular flexibility index (Phi) is 10.4. The number of anilines is 1. The van der Waals surface area contributed by atoms with Crippen LogP contribution in [0, 0.1) is 17.8 Å². The molecule has 0 unspecified atom stereocenters. The molecule has 246 valence electrons. The maximum atomic E-state index is 12.9. The van der Waals surface area contributed by atoms with Crippen LogP contribution in [0.25, 0.3) is 0 Å². The summed E-state index contributed by atoms with van der Waals surface area (Å²) in [4.78, 5) is 43.6. The molecule has 0 radical (unpaired) electrons. The van der Waals surface area contributed by atoms with E-state index >= 15 is 0 Å². The third kappa shape index (κ3) is 9.13. The summed E-state index contributed by atoms with van der Waals surface area (Å²) in [7, 11) is 0. The first-order valence-electron chi connectivity index (χ1n) is 16.1. The molecule has 11 nitrogen and oxygen atoms in total. The Morgan fingerprint density at radius 1 is 1.15 bits per heavy atom. The number of aryl methyl sites for hydroxylation is 2. The highest BCUT2D eigenvalue weighted by Gasteiger charge is 2.49. The van der Waals surface area contributed by atoms with Crippen molar-refractivity contribution in [2.45, 2.75) is 89.1 Å². The van der Waals surface area contributed by atoms with Gasteiger partial charge in [0.2, 0.25) is 5.60 Å². The first-order chi connectivity index (χ1) is 22.0. The lowest BCUT2D eigenvalue weighted by molar-refractivity contribution is -0.140. The summed E-state index contributed by atoms with van der Waals surface area (Å²) in [5.74, 6) is 6.36. The van der Waals surface area contributed by atoms with Gasteiger partial charge in [0.15, 0.2) is 0 Å². The average molecular weight is 633 g/mol. The third-order valence-corrected chi connectivity index (χ3v) is 8.34. The first-order valence-corrected chi connectivity index (χ1v) is 16.1. The van der Waals surface area contributed by atoms with Gasteiger partial charge < -0.3 is 30.0 Å². The van der Waals surface area contributed by atoms with E-state index in [1.807, 2.05) is 30.3 Å². The van der Waals surface area contributed by atoms with Crippen molar-refractivity contribution >= 4 is 24.0 Å². The number of carbonyl (C=O) groups excluding carboxylic acids is 2. The number of pyridine rings is 1. The normalized spacial score (nSPS) is 20.3. The zero-order valence-electron chi connectivity index (χ0n) is 26.8. The maximum Gasteiger partial charge on any atom is 0.410 e. The van der Waals surface area contributed by atoms with Gasteiger partial charge in [0.05, 0.1) is 19.2 Å². The van der Waals surface area contributed by atoms with Gasteiger partial charge in [-0.3, -0.25) is 4.90 Å². The Morgan fingerprint density at radius 2 is 1.91 bits per heavy atom. The second-order valence-electron chi connectivity index (χ2n) is 13.4. The lowest BCUT2D eigenvalue weighted by Gasteiger charge is -2.45. The van der Waals surface area contributed by atoms with Gasteiger partial charge in [0.25, 0.3) is 0 Å². The number of carboxylic acid groups (broad SMARTS) is 1. The van der Waals surface area contributed by atoms with Crippen molar-refractivity contribution < 1.29 is 33.7 Å². The van der Waals surface area contributed by atoms with Crippen LogP contribution >= 0.6 is 0 Å². The Bertz CT molecular complexity index is 1450. The molecular weight excluding hydrogens is 588 g/mol. The highest BCUT2D eigenvalue weighted by Crippen LogP contribution is 2.34. The van der Waals surface area contributed by atoms with Gasteiger partial charge in [-0.15, -0.1) is 0 Å². The van der Waals surface area contributed by atoms with Crippen molar-refractivity contribution in [2.24, 2.45) is 5.92 Å². The zero-order chi connectivity index (χ0) is 32.7. The summed E-state index contributed by atoms with van der Waals surface area (Å²) in [5, 5.41) is 15.6. The Hall–Kier alpha value is -4.30. The molecule has 1 aromatic heterocycles. The molecule has 1 atom stereocenters. The van der Waals surface area contributed by atoms with Gasteiger partial charge in [-0.05, 0) is 94.9 Å². The Balaban J connectivity index is 1.06. The van der Waals surface area contributed by atoms with E-state index in [1.165, 1.54) is 10.5 Å². The molecule has 1 aliphatic carbocycles. The number of hydrogen-bond acceptors (Lipinski definition) is 8. The van der Waals surface area contributed by atoms with E-state index in [0.29, 0.717) is 11.5 Å². The predicted molar refractivity (Wildman–Crippen MR) is 171 cm³/mol. The van der Waals surface area contributed by atoms with Gasteiger partial charge in [-0.25, -0.2) is 19.4 Å². The lowest BCUT2D eigenvalue weighted by Crippen LogP contribution is -2.66. The summed E-state index contributed by atoms with van der Waals surface area (Å²) in [5.41, 5.74) is 1.12. The standard InChI is InChI=1S/C35H44N4O7/c1-34(2,3)46-33(43)39-22-35(23-39,17-15-24-8-5-4-6-9-24)45-32(42)38-29(31(40)41)16-19-44-28-20-25(21-28)11-13-27-14-12-26-10-7-18-36-30(26)37-27/h4-6,8-9,12,14,25,28-29H,7,10-11,13,16,18-23H2,1-3H3,(H,36,37)(H,38,42)(H,40,41)/t25?,28?,29-/m0/s1. The van der Waals surface area contributed by atoms with Crippen molar-refractivity contribution in [2.75, 3.05) is 31.6 Å². The van der Waals surface area contributed by atoms with Crippen molar-refractivity contribution in [3.8, 4) is 11.8 Å². The third-order valence-electron chi connectivity index (χ3n) is 8.34. The highest BCUT2D eigenvalue weighted by molar-refractivity contribution is 5.80. The number of aromatic nitrogens is 1. The number of ether oxygens (including phenoxy) is 3. The highest BCUT2D eigenvalue weighted by atomic mass is 16.6. The number of aliphatic carboxylic acids is 1. The van der Waals surface area contributed by atoms with E-state index in [4.69, 9.17) is 19.2 Å². The van der Waals surface area contributed by atoms with Crippen LogP contribution in [-0.2, 0) is 31.8 Å². The van der Waals surface area contributed by atoms with Crippen molar-refractivity contribution in [1.82, 2.24) is 15.2 Å². The van der Waals surface area contributed by atoms with Crippen LogP contribution < -0.4 is 10.6 Å². The minimum atomic E-state index is -1.30. The number of nitrogens with one attached hydrogen (secondary N) is 2. The lowest BCUT2D eigenvalue weighted by atomic mass is 9.79. The molecule has 0 bridgehead atoms. The van der Waals surface area contributed by atoms with Gasteiger partial charge in [0.1, 0.15) is 17.5 Å². The van der Waals surface area contributed by atoms with E-state index < -0.39 is 35.4 Å². The van der Waals surface area contributed by atoms with Crippen molar-refractivity contribution in [1.29, 1.82) is 0 Å². The van der Waals surface area contributed by atoms with E-state index in [2.05, 4.69) is 34.6 Å². The maximum absolute atomic E-state index is 12.9. The number of likely N-dealkylation sites (tertiary alicyclic amines) is 1. The van der Waals surface area contributed by atoms with E-state index in [0.717, 1.165) is 56.6 Å². The fourth-order valence-corrected chi connectivity index (χ4v) is 5.77. The first kappa shape index (κ1) is 33.1. The van der Waals surface area contributed by atoms with Gasteiger partial charge in [-0.1, -0.05) is 30.2 Å². The van der Waals surface area contributed by atoms with Crippen LogP contribution in [0.4, 0.5) is 15.4 Å². The molecule has 2 aromatic rings. The van der Waals surface area contributed by atoms with E-state index in [-0.39, 0.29) is 32.2 Å². The number of fused-ring (bicyclic) bond motifs is 1. The number of carbonyl (C=O) groups is 3. The van der Waals surface area contributed by atoms with E-state index in [9.17, 15) is 19.5 Å². The summed E-state index contributed by atoms with van der Waals surface area (Å²) in [6.45, 7) is 6.46. The Morgan fingerprint density at radius 3 is 2.63 bits per heavy atom. The van der Waals surface area contributed by atoms with Gasteiger partial charge >= 0.3 is 18.2 Å². The molecule has 2 aliphatic heterocycles. The molecule has 1 saturated heterocycles. The number of carboxylic acids is 1. The Labute approximate surface area is 270 Å². The second-order valence-corrected chi connectivity index (χ2v) is 13.4. The smallest absolute Gasteiger partial charge is 0.410 e. The topological polar surface area (TPSA) is 139 Å². The largest absolute Gasteiger partial charge is 0.480 e. The molecule has 3 N–H and O–H groups in total. The minimum absolute atomic E-state index is 0.00170. The summed E-state index contributed by atoms with van der Waals surface area (Å²) in [6.07, 6.45) is 4.73. The number of alkyl carbamates (subject to hydrolysis) is 1. The van der Waals surface area contributed by atoms with Crippen LogP contribution in [0.1, 0.15) is 69.7 Å². The SMILES string of the molecule is CC(C)(C)OC(=O)N1CC(C#Cc2ccccc2)(OC(=O)N[C@@H](CCOC2CC(CCc3ccc4c(n3)NCCC4)C2)C(=O)O)C1. The average Bonchev–Trinajstić information content (AvgIpc) is 2.97. The number of amides is 2. The van der Waals surface area contributed by atoms with E-state index in [1.54, 1.807) is 20.8 Å². The van der Waals surface area contributed by atoms with Crippen LogP contribution in [0.2, 0.25) is 0 Å². The fourth-order valence-electron chi connectivity index (χ4n) is 5.77. The molecule has 46 heavy (non-hydrogen) atoms. The minimum Gasteiger partial charge on any atom is -0.480 e. The van der Waals surface area contributed by atoms with Gasteiger partial charge in [-0.2, -0.15) is 0 Å². The molecule has 5 rings (SSSR count). The molecule has 1 saturated carbocycles. The zero-order valence-corrected chi connectivity index (χ0v) is 26.8. The van der Waals surface area contributed by atoms with Gasteiger partial charge in [0, 0.05) is 30.8 Å². The molecular formula is C35H44N4O7. The van der Waals surface area contributed by atoms with Crippen LogP contribution in [0.3, 0.4) is 0 Å². The van der Waals surface area contributed by atoms with Crippen molar-refractivity contribution in [3.05, 3.63) is 59.3 Å². The monoisotopic (exact) mass is 632 g/mol. The number of benzene rings is 1. The second kappa shape index (κ2) is 14.4. The van der Waals surface area contributed by atoms with Crippen molar-refractivity contribution in [3.63, 3.8) is 0 Å². The summed E-state index contributed by atoms with van der Waals surface area (Å²) < 4.78 is 17.0. The number of nitrogens with zero attached hydrogens (tertiary/aromatic N) is 2. The van der Waals surface area contributed by atoms with Crippen LogP contribution in [0.5, 0.6) is 0 Å². The molecule has 2 fully saturated rings. The molecule has 3 aliphatic rings. The summed E-state index contributed by atoms with van der Waals surface area (Å²) in [6, 6.07) is 12.3. The molecule has 11 heteroatoms. The van der Waals surface area contributed by atoms with Crippen LogP contribution in [0.15, 0.2) is 42.5 Å². The quantitative estimate of drug-likeness (QED) is 0.316. The molecule has 2 amide bonds. The summed E-state index contributed by atoms with van der Waals surface area (Å²) >= 11 is 0. The molecule has 3 heterocycles. The van der Waals surface area contributed by atoms with Crippen LogP contribution in [-0.4, -0.2) is 82.7 Å².